The molecule has 0 heterocycles. The van der Waals surface area contributed by atoms with Crippen LogP contribution in [0.4, 0.5) is 0 Å². The maximum absolute atomic E-state index is 13.1. The molecule has 0 rings (SSSR count). The molecule has 0 aromatic carbocycles. The number of unbranched alkanes of at least 4 members (excludes halogenated alkanes) is 55. The van der Waals surface area contributed by atoms with Crippen molar-refractivity contribution >= 4 is 39.5 Å². The average molecular weight is 1490 g/mol. The summed E-state index contributed by atoms with van der Waals surface area (Å²) in [6.45, 7) is 7.35. The molecule has 0 radical (unpaired) electrons. The molecule has 2 unspecified atom stereocenters. The van der Waals surface area contributed by atoms with Gasteiger partial charge in [0.25, 0.3) is 0 Å². The minimum Gasteiger partial charge on any atom is -0.462 e. The maximum Gasteiger partial charge on any atom is 0.472 e. The molecule has 19 heteroatoms. The highest BCUT2D eigenvalue weighted by molar-refractivity contribution is 7.47. The van der Waals surface area contributed by atoms with Gasteiger partial charge in [-0.3, -0.25) is 37.3 Å². The van der Waals surface area contributed by atoms with Crippen molar-refractivity contribution in [2.24, 2.45) is 5.92 Å². The zero-order valence-electron chi connectivity index (χ0n) is 66.8. The number of rotatable bonds is 83. The molecule has 17 nitrogen and oxygen atoms in total. The highest BCUT2D eigenvalue weighted by Gasteiger charge is 2.30. The van der Waals surface area contributed by atoms with Gasteiger partial charge < -0.3 is 33.8 Å². The molecule has 0 saturated carbocycles. The van der Waals surface area contributed by atoms with Crippen LogP contribution in [0, 0.1) is 5.92 Å². The molecule has 0 aliphatic heterocycles. The number of phosphoric acid groups is 2. The van der Waals surface area contributed by atoms with E-state index in [4.69, 9.17) is 37.0 Å². The van der Waals surface area contributed by atoms with Crippen molar-refractivity contribution in [2.45, 2.75) is 464 Å². The summed E-state index contributed by atoms with van der Waals surface area (Å²) in [7, 11) is -9.92. The van der Waals surface area contributed by atoms with Crippen LogP contribution >= 0.6 is 15.6 Å². The second kappa shape index (κ2) is 75.9. The summed E-state index contributed by atoms with van der Waals surface area (Å²) in [5.74, 6) is -1.34. The van der Waals surface area contributed by atoms with Crippen molar-refractivity contribution in [1.82, 2.24) is 0 Å². The number of carbonyl (C=O) groups excluding carboxylic acids is 4. The zero-order valence-corrected chi connectivity index (χ0v) is 68.5. The third kappa shape index (κ3) is 76.3. The monoisotopic (exact) mass is 1490 g/mol. The van der Waals surface area contributed by atoms with E-state index in [9.17, 15) is 43.2 Å². The second-order valence-electron chi connectivity index (χ2n) is 30.3. The van der Waals surface area contributed by atoms with Crippen molar-refractivity contribution in [1.29, 1.82) is 0 Å². The van der Waals surface area contributed by atoms with Gasteiger partial charge in [0.2, 0.25) is 0 Å². The number of hydrogen-bond donors (Lipinski definition) is 3. The Bertz CT molecular complexity index is 1940. The molecule has 0 aromatic rings. The number of carbonyl (C=O) groups is 4. The topological polar surface area (TPSA) is 237 Å². The molecule has 0 saturated heterocycles. The predicted octanol–water partition coefficient (Wildman–Crippen LogP) is 25.2. The normalized spacial score (nSPS) is 13.8. The predicted molar refractivity (Wildman–Crippen MR) is 418 cm³/mol. The molecule has 0 aliphatic carbocycles. The van der Waals surface area contributed by atoms with E-state index in [0.29, 0.717) is 25.7 Å². The van der Waals surface area contributed by atoms with E-state index in [1.54, 1.807) is 0 Å². The average Bonchev–Trinajstić information content (AvgIpc) is 0.913. The largest absolute Gasteiger partial charge is 0.472 e. The lowest BCUT2D eigenvalue weighted by Crippen LogP contribution is -2.30. The smallest absolute Gasteiger partial charge is 0.462 e. The van der Waals surface area contributed by atoms with Crippen LogP contribution in [0.1, 0.15) is 446 Å². The number of ether oxygens (including phenoxy) is 4. The lowest BCUT2D eigenvalue weighted by Gasteiger charge is -2.21. The van der Waals surface area contributed by atoms with Crippen molar-refractivity contribution in [3.8, 4) is 0 Å². The summed E-state index contributed by atoms with van der Waals surface area (Å²) in [5.41, 5.74) is 0. The van der Waals surface area contributed by atoms with Gasteiger partial charge in [-0.15, -0.1) is 0 Å². The standard InChI is InChI=1S/C83H162O17P2/c1-6-9-12-15-18-21-24-27-30-32-34-36-39-42-49-54-59-64-69-83(88)99-78(72-93-80(85)66-61-56-51-46-40-38-35-33-31-28-25-22-19-16-13-10-7-2)74-97-101(89,90)95-70-77(84)71-96-102(91,92)98-75-79(73-94-81(86)67-62-57-52-47-44-43-45-50-55-60-65-76(4)5)100-82(87)68-63-58-53-48-41-37-29-26-23-20-17-14-11-8-3/h76-79,84H,6-75H2,1-5H3,(H,89,90)(H,91,92)/t77-,78-,79-/m1/s1. The van der Waals surface area contributed by atoms with Gasteiger partial charge in [0.15, 0.2) is 12.2 Å². The molecule has 0 spiro atoms. The fraction of sp³-hybridized carbons (Fsp3) is 0.952. The van der Waals surface area contributed by atoms with Crippen LogP contribution in [0.15, 0.2) is 0 Å². The Morgan fingerprint density at radius 2 is 0.451 bits per heavy atom. The Morgan fingerprint density at radius 3 is 0.667 bits per heavy atom. The van der Waals surface area contributed by atoms with Crippen molar-refractivity contribution in [2.75, 3.05) is 39.6 Å². The molecule has 0 bridgehead atoms. The Balaban J connectivity index is 5.26. The highest BCUT2D eigenvalue weighted by Crippen LogP contribution is 2.45. The van der Waals surface area contributed by atoms with Crippen molar-refractivity contribution < 1.29 is 80.2 Å². The molecule has 0 fully saturated rings. The molecule has 0 amide bonds. The van der Waals surface area contributed by atoms with Crippen LogP contribution in [0.3, 0.4) is 0 Å². The number of phosphoric ester groups is 2. The van der Waals surface area contributed by atoms with Crippen LogP contribution in [0.5, 0.6) is 0 Å². The summed E-state index contributed by atoms with van der Waals surface area (Å²) in [6.07, 6.45) is 67.9. The van der Waals surface area contributed by atoms with Crippen LogP contribution in [-0.2, 0) is 65.4 Å². The second-order valence-corrected chi connectivity index (χ2v) is 33.3. The van der Waals surface area contributed by atoms with Gasteiger partial charge in [-0.2, -0.15) is 0 Å². The minimum atomic E-state index is -4.96. The third-order valence-corrected chi connectivity index (χ3v) is 21.4. The number of aliphatic hydroxyl groups excluding tert-OH is 1. The molecule has 0 aliphatic rings. The van der Waals surface area contributed by atoms with Crippen molar-refractivity contribution in [3.63, 3.8) is 0 Å². The molecule has 102 heavy (non-hydrogen) atoms. The van der Waals surface area contributed by atoms with Gasteiger partial charge >= 0.3 is 39.5 Å². The van der Waals surface area contributed by atoms with E-state index < -0.39 is 97.5 Å². The fourth-order valence-electron chi connectivity index (χ4n) is 12.9. The van der Waals surface area contributed by atoms with E-state index in [0.717, 1.165) is 95.8 Å². The Hall–Kier alpha value is -1.94. The van der Waals surface area contributed by atoms with E-state index in [2.05, 4.69) is 34.6 Å². The van der Waals surface area contributed by atoms with E-state index in [-0.39, 0.29) is 25.7 Å². The maximum atomic E-state index is 13.1. The van der Waals surface area contributed by atoms with E-state index >= 15 is 0 Å². The van der Waals surface area contributed by atoms with Gasteiger partial charge in [-0.05, 0) is 31.6 Å². The Kier molecular flexibility index (Phi) is 74.4. The van der Waals surface area contributed by atoms with Gasteiger partial charge in [0.05, 0.1) is 26.4 Å². The quantitative estimate of drug-likeness (QED) is 0.0222. The summed E-state index contributed by atoms with van der Waals surface area (Å²) < 4.78 is 68.8. The summed E-state index contributed by atoms with van der Waals surface area (Å²) >= 11 is 0. The zero-order chi connectivity index (χ0) is 74.8. The first-order valence-electron chi connectivity index (χ1n) is 43.1. The molecule has 3 N–H and O–H groups in total. The summed E-state index contributed by atoms with van der Waals surface area (Å²) in [5, 5.41) is 10.7. The number of aliphatic hydroxyl groups is 1. The molecule has 606 valence electrons. The van der Waals surface area contributed by atoms with Gasteiger partial charge in [0.1, 0.15) is 19.3 Å². The van der Waals surface area contributed by atoms with Crippen LogP contribution < -0.4 is 0 Å². The van der Waals surface area contributed by atoms with Gasteiger partial charge in [-0.25, -0.2) is 9.13 Å². The van der Waals surface area contributed by atoms with Gasteiger partial charge in [-0.1, -0.05) is 394 Å². The van der Waals surface area contributed by atoms with E-state index in [1.165, 1.54) is 270 Å². The molecular weight excluding hydrogens is 1330 g/mol. The first-order chi connectivity index (χ1) is 49.5. The Labute approximate surface area is 626 Å². The van der Waals surface area contributed by atoms with Crippen LogP contribution in [0.25, 0.3) is 0 Å². The minimum absolute atomic E-state index is 0.108. The fourth-order valence-corrected chi connectivity index (χ4v) is 14.5. The summed E-state index contributed by atoms with van der Waals surface area (Å²) in [6, 6.07) is 0. The van der Waals surface area contributed by atoms with Crippen molar-refractivity contribution in [3.05, 3.63) is 0 Å². The summed E-state index contributed by atoms with van der Waals surface area (Å²) in [4.78, 5) is 73.2. The lowest BCUT2D eigenvalue weighted by atomic mass is 10.0. The van der Waals surface area contributed by atoms with Crippen LogP contribution in [0.2, 0.25) is 0 Å². The number of esters is 4. The number of hydrogen-bond acceptors (Lipinski definition) is 15. The third-order valence-electron chi connectivity index (χ3n) is 19.5. The highest BCUT2D eigenvalue weighted by atomic mass is 31.2. The first kappa shape index (κ1) is 100. The molecule has 5 atom stereocenters. The SMILES string of the molecule is CCCCCCCCCCCCCCCCCCCCC(=O)O[C@H](COC(=O)CCCCCCCCCCCCCCCCCCC)COP(=O)(O)OC[C@@H](O)COP(=O)(O)OC[C@@H](COC(=O)CCCCCCCCCCCCC(C)C)OC(=O)CCCCCCCCCCCCCCCC. The Morgan fingerprint density at radius 1 is 0.265 bits per heavy atom. The molecule has 0 aromatic heterocycles. The van der Waals surface area contributed by atoms with Crippen LogP contribution in [-0.4, -0.2) is 96.7 Å². The van der Waals surface area contributed by atoms with E-state index in [1.807, 2.05) is 0 Å². The molecular formula is C83H162O17P2. The first-order valence-corrected chi connectivity index (χ1v) is 46.1. The lowest BCUT2D eigenvalue weighted by molar-refractivity contribution is -0.161. The van der Waals surface area contributed by atoms with Gasteiger partial charge in [0, 0.05) is 25.7 Å².